The number of piperidine rings is 1. The van der Waals surface area contributed by atoms with E-state index in [9.17, 15) is 18.5 Å². The van der Waals surface area contributed by atoms with E-state index in [1.807, 2.05) is 6.07 Å². The van der Waals surface area contributed by atoms with Crippen molar-refractivity contribution >= 4 is 27.6 Å². The molecule has 2 heterocycles. The summed E-state index contributed by atoms with van der Waals surface area (Å²) in [6, 6.07) is 16.5. The van der Waals surface area contributed by atoms with Crippen molar-refractivity contribution < 1.29 is 33.1 Å². The predicted molar refractivity (Wildman–Crippen MR) is 133 cm³/mol. The molecule has 2 saturated heterocycles. The van der Waals surface area contributed by atoms with Gasteiger partial charge in [-0.1, -0.05) is 42.5 Å². The van der Waals surface area contributed by atoms with Crippen LogP contribution in [0.1, 0.15) is 18.4 Å². The molecule has 4 rings (SSSR count). The lowest BCUT2D eigenvalue weighted by molar-refractivity contribution is -0.387. The molecule has 200 valence electrons. The summed E-state index contributed by atoms with van der Waals surface area (Å²) in [6.45, 7) is 5.07. The van der Waals surface area contributed by atoms with Crippen LogP contribution >= 0.6 is 0 Å². The summed E-state index contributed by atoms with van der Waals surface area (Å²) in [6.07, 6.45) is 2.15. The lowest BCUT2D eigenvalue weighted by Gasteiger charge is -2.42. The number of hydrogen-bond acceptors (Lipinski definition) is 8. The first-order valence-corrected chi connectivity index (χ1v) is 13.2. The maximum atomic E-state index is 13.0. The maximum absolute atomic E-state index is 13.0. The third-order valence-electron chi connectivity index (χ3n) is 6.46. The molecule has 0 saturated carbocycles. The van der Waals surface area contributed by atoms with Crippen LogP contribution in [0.5, 0.6) is 0 Å². The van der Waals surface area contributed by atoms with Crippen molar-refractivity contribution in [2.75, 3.05) is 39.3 Å². The lowest BCUT2D eigenvalue weighted by atomic mass is 10.0. The van der Waals surface area contributed by atoms with E-state index in [-0.39, 0.29) is 10.6 Å². The average Bonchev–Trinajstić information content (AvgIpc) is 2.90. The number of piperazine rings is 1. The Morgan fingerprint density at radius 3 is 1.95 bits per heavy atom. The van der Waals surface area contributed by atoms with Gasteiger partial charge in [0.1, 0.15) is 0 Å². The SMILES string of the molecule is O=C(O)C(=O)O.O=[N+]([O-])c1ccccc1S(=O)(=O)N1CCN(C2CCN(Cc3ccccc3)CC2)CC1. The summed E-state index contributed by atoms with van der Waals surface area (Å²) in [5, 5.41) is 26.0. The minimum Gasteiger partial charge on any atom is -0.473 e. The van der Waals surface area contributed by atoms with E-state index in [1.54, 1.807) is 0 Å². The first-order chi connectivity index (χ1) is 17.6. The molecule has 2 aromatic carbocycles. The molecule has 2 N–H and O–H groups in total. The smallest absolute Gasteiger partial charge is 0.414 e. The number of carboxylic acid groups (broad SMARTS) is 2. The molecule has 37 heavy (non-hydrogen) atoms. The van der Waals surface area contributed by atoms with Crippen LogP contribution in [0.4, 0.5) is 5.69 Å². The number of nitro groups is 1. The van der Waals surface area contributed by atoms with E-state index in [0.717, 1.165) is 32.5 Å². The highest BCUT2D eigenvalue weighted by Crippen LogP contribution is 2.28. The zero-order valence-corrected chi connectivity index (χ0v) is 21.0. The van der Waals surface area contributed by atoms with Crippen molar-refractivity contribution in [3.05, 3.63) is 70.3 Å². The van der Waals surface area contributed by atoms with Gasteiger partial charge in [-0.15, -0.1) is 0 Å². The number of nitrogens with zero attached hydrogens (tertiary/aromatic N) is 4. The molecule has 0 bridgehead atoms. The molecule has 0 aliphatic carbocycles. The van der Waals surface area contributed by atoms with Crippen LogP contribution in [0, 0.1) is 10.1 Å². The van der Waals surface area contributed by atoms with Crippen LogP contribution in [0.15, 0.2) is 59.5 Å². The second kappa shape index (κ2) is 12.7. The van der Waals surface area contributed by atoms with Crippen molar-refractivity contribution in [1.82, 2.24) is 14.1 Å². The maximum Gasteiger partial charge on any atom is 0.414 e. The van der Waals surface area contributed by atoms with Crippen LogP contribution in [0.25, 0.3) is 0 Å². The van der Waals surface area contributed by atoms with Crippen LogP contribution in [0.3, 0.4) is 0 Å². The largest absolute Gasteiger partial charge is 0.473 e. The highest BCUT2D eigenvalue weighted by molar-refractivity contribution is 7.89. The van der Waals surface area contributed by atoms with Crippen LogP contribution in [-0.2, 0) is 26.2 Å². The predicted octanol–water partition coefficient (Wildman–Crippen LogP) is 1.72. The van der Waals surface area contributed by atoms with E-state index in [0.29, 0.717) is 32.2 Å². The summed E-state index contributed by atoms with van der Waals surface area (Å²) in [4.78, 5) is 33.5. The van der Waals surface area contributed by atoms with Gasteiger partial charge in [0, 0.05) is 44.8 Å². The highest BCUT2D eigenvalue weighted by atomic mass is 32.2. The molecular weight excluding hydrogens is 504 g/mol. The number of carboxylic acids is 2. The number of likely N-dealkylation sites (tertiary alicyclic amines) is 1. The lowest BCUT2D eigenvalue weighted by Crippen LogP contribution is -2.54. The van der Waals surface area contributed by atoms with Crippen molar-refractivity contribution in [2.24, 2.45) is 0 Å². The molecule has 12 nitrogen and oxygen atoms in total. The number of sulfonamides is 1. The number of hydrogen-bond donors (Lipinski definition) is 2. The topological polar surface area (TPSA) is 162 Å². The number of para-hydroxylation sites is 1. The van der Waals surface area contributed by atoms with E-state index >= 15 is 0 Å². The molecule has 13 heteroatoms. The van der Waals surface area contributed by atoms with Crippen molar-refractivity contribution in [2.45, 2.75) is 30.3 Å². The van der Waals surface area contributed by atoms with Crippen LogP contribution in [0.2, 0.25) is 0 Å². The first-order valence-electron chi connectivity index (χ1n) is 11.8. The molecule has 2 aliphatic rings. The van der Waals surface area contributed by atoms with Gasteiger partial charge in [-0.25, -0.2) is 18.0 Å². The van der Waals surface area contributed by atoms with Gasteiger partial charge in [0.25, 0.3) is 5.69 Å². The normalized spacial score (nSPS) is 17.9. The van der Waals surface area contributed by atoms with E-state index < -0.39 is 26.9 Å². The minimum atomic E-state index is -3.88. The molecule has 0 aromatic heterocycles. The number of nitro benzene ring substituents is 1. The van der Waals surface area contributed by atoms with Gasteiger partial charge in [0.2, 0.25) is 10.0 Å². The Labute approximate surface area is 214 Å². The van der Waals surface area contributed by atoms with Gasteiger partial charge in [-0.3, -0.25) is 19.9 Å². The van der Waals surface area contributed by atoms with Crippen LogP contribution in [-0.4, -0.2) is 94.9 Å². The minimum absolute atomic E-state index is 0.220. The van der Waals surface area contributed by atoms with Crippen molar-refractivity contribution in [3.63, 3.8) is 0 Å². The van der Waals surface area contributed by atoms with E-state index in [2.05, 4.69) is 34.1 Å². The van der Waals surface area contributed by atoms with Crippen molar-refractivity contribution in [1.29, 1.82) is 0 Å². The molecule has 0 atom stereocenters. The summed E-state index contributed by atoms with van der Waals surface area (Å²) >= 11 is 0. The first kappa shape index (κ1) is 28.2. The summed E-state index contributed by atoms with van der Waals surface area (Å²) in [5.74, 6) is -3.65. The fraction of sp³-hybridized carbons (Fsp3) is 0.417. The quantitative estimate of drug-likeness (QED) is 0.317. The highest BCUT2D eigenvalue weighted by Gasteiger charge is 2.35. The van der Waals surface area contributed by atoms with Gasteiger partial charge < -0.3 is 10.2 Å². The van der Waals surface area contributed by atoms with Gasteiger partial charge in [-0.2, -0.15) is 4.31 Å². The van der Waals surface area contributed by atoms with Gasteiger partial charge in [0.05, 0.1) is 4.92 Å². The molecule has 2 fully saturated rings. The molecule has 2 aliphatic heterocycles. The van der Waals surface area contributed by atoms with Gasteiger partial charge >= 0.3 is 11.9 Å². The van der Waals surface area contributed by atoms with E-state index in [4.69, 9.17) is 19.8 Å². The number of rotatable bonds is 6. The third kappa shape index (κ3) is 7.55. The Hall–Kier alpha value is -3.39. The molecule has 0 spiro atoms. The molecule has 0 unspecified atom stereocenters. The van der Waals surface area contributed by atoms with E-state index in [1.165, 1.54) is 34.1 Å². The summed E-state index contributed by atoms with van der Waals surface area (Å²) in [5.41, 5.74) is 0.963. The summed E-state index contributed by atoms with van der Waals surface area (Å²) in [7, 11) is -3.88. The van der Waals surface area contributed by atoms with Gasteiger partial charge in [-0.05, 0) is 37.6 Å². The molecule has 0 radical (unpaired) electrons. The summed E-state index contributed by atoms with van der Waals surface area (Å²) < 4.78 is 27.4. The fourth-order valence-electron chi connectivity index (χ4n) is 4.56. The number of carbonyl (C=O) groups is 2. The van der Waals surface area contributed by atoms with Crippen molar-refractivity contribution in [3.8, 4) is 0 Å². The Bertz CT molecular complexity index is 1180. The Balaban J connectivity index is 0.000000568. The second-order valence-electron chi connectivity index (χ2n) is 8.77. The monoisotopic (exact) mass is 534 g/mol. The Kier molecular flexibility index (Phi) is 9.69. The van der Waals surface area contributed by atoms with Crippen LogP contribution < -0.4 is 0 Å². The Morgan fingerprint density at radius 1 is 0.865 bits per heavy atom. The molecular formula is C24H30N4O8S. The second-order valence-corrected chi connectivity index (χ2v) is 10.7. The molecule has 0 amide bonds. The number of aliphatic carboxylic acids is 2. The standard InChI is InChI=1S/C22H28N4O4S.C2H2O4/c27-26(28)21-8-4-5-9-22(21)31(29,30)25-16-14-24(15-17-25)20-10-12-23(13-11-20)18-19-6-2-1-3-7-19;3-1(4)2(5)6/h1-9,20H,10-18H2;(H,3,4)(H,5,6). The Morgan fingerprint density at radius 2 is 1.41 bits per heavy atom. The number of benzene rings is 2. The zero-order chi connectivity index (χ0) is 27.0. The average molecular weight is 535 g/mol. The fourth-order valence-corrected chi connectivity index (χ4v) is 6.14. The molecule has 2 aromatic rings. The van der Waals surface area contributed by atoms with Gasteiger partial charge in [0.15, 0.2) is 4.90 Å². The zero-order valence-electron chi connectivity index (χ0n) is 20.2. The third-order valence-corrected chi connectivity index (χ3v) is 8.40.